The Morgan fingerprint density at radius 3 is 2.60 bits per heavy atom. The second-order valence-corrected chi connectivity index (χ2v) is 6.34. The smallest absolute Gasteiger partial charge is 0.0237 e. The molecule has 106 valence electrons. The number of nitrogens with one attached hydrogen (secondary N) is 1. The molecule has 3 rings (SSSR count). The zero-order chi connectivity index (χ0) is 14.0. The highest BCUT2D eigenvalue weighted by Crippen LogP contribution is 2.45. The highest BCUT2D eigenvalue weighted by molar-refractivity contribution is 5.85. The summed E-state index contributed by atoms with van der Waals surface area (Å²) in [7, 11) is 4.31. The lowest BCUT2D eigenvalue weighted by atomic mass is 10.0. The van der Waals surface area contributed by atoms with Crippen LogP contribution in [0.25, 0.3) is 10.8 Å². The number of nitrogens with zero attached hydrogens (tertiary/aromatic N) is 1. The zero-order valence-corrected chi connectivity index (χ0v) is 12.5. The lowest BCUT2D eigenvalue weighted by Gasteiger charge is -2.24. The molecule has 2 nitrogen and oxygen atoms in total. The number of benzene rings is 2. The molecule has 20 heavy (non-hydrogen) atoms. The largest absolute Gasteiger partial charge is 0.319 e. The third-order valence-corrected chi connectivity index (χ3v) is 4.43. The molecule has 2 aromatic carbocycles. The quantitative estimate of drug-likeness (QED) is 0.865. The van der Waals surface area contributed by atoms with Crippen LogP contribution in [0.5, 0.6) is 0 Å². The van der Waals surface area contributed by atoms with Gasteiger partial charge in [0, 0.05) is 19.6 Å². The summed E-state index contributed by atoms with van der Waals surface area (Å²) >= 11 is 0. The van der Waals surface area contributed by atoms with Crippen LogP contribution in [-0.2, 0) is 6.54 Å². The van der Waals surface area contributed by atoms with Crippen LogP contribution in [0.4, 0.5) is 0 Å². The van der Waals surface area contributed by atoms with Gasteiger partial charge in [-0.2, -0.15) is 0 Å². The number of rotatable bonds is 6. The van der Waals surface area contributed by atoms with Gasteiger partial charge < -0.3 is 10.2 Å². The topological polar surface area (TPSA) is 15.3 Å². The number of hydrogen-bond donors (Lipinski definition) is 1. The summed E-state index contributed by atoms with van der Waals surface area (Å²) in [5, 5.41) is 6.07. The van der Waals surface area contributed by atoms with E-state index in [1.807, 2.05) is 0 Å². The van der Waals surface area contributed by atoms with Gasteiger partial charge in [0.1, 0.15) is 0 Å². The lowest BCUT2D eigenvalue weighted by Crippen LogP contribution is -2.32. The molecule has 0 atom stereocenters. The summed E-state index contributed by atoms with van der Waals surface area (Å²) in [6, 6.07) is 15.3. The highest BCUT2D eigenvalue weighted by Gasteiger charge is 2.42. The molecule has 1 aliphatic rings. The molecule has 0 unspecified atom stereocenters. The fourth-order valence-electron chi connectivity index (χ4n) is 3.29. The van der Waals surface area contributed by atoms with E-state index in [2.05, 4.69) is 66.8 Å². The maximum Gasteiger partial charge on any atom is 0.0237 e. The summed E-state index contributed by atoms with van der Waals surface area (Å²) in [4.78, 5) is 2.48. The molecule has 1 fully saturated rings. The molecule has 0 radical (unpaired) electrons. The highest BCUT2D eigenvalue weighted by atomic mass is 15.1. The van der Waals surface area contributed by atoms with Gasteiger partial charge in [0.15, 0.2) is 0 Å². The van der Waals surface area contributed by atoms with Crippen LogP contribution in [0.1, 0.15) is 18.4 Å². The van der Waals surface area contributed by atoms with E-state index >= 15 is 0 Å². The molecule has 0 aliphatic heterocycles. The molecule has 0 bridgehead atoms. The van der Waals surface area contributed by atoms with Crippen molar-refractivity contribution in [2.24, 2.45) is 5.41 Å². The van der Waals surface area contributed by atoms with Gasteiger partial charge in [-0.1, -0.05) is 42.5 Å². The van der Waals surface area contributed by atoms with E-state index in [1.165, 1.54) is 35.7 Å². The average molecular weight is 268 g/mol. The van der Waals surface area contributed by atoms with E-state index in [4.69, 9.17) is 0 Å². The first-order chi connectivity index (χ1) is 9.72. The third-order valence-electron chi connectivity index (χ3n) is 4.43. The van der Waals surface area contributed by atoms with E-state index in [0.29, 0.717) is 5.41 Å². The van der Waals surface area contributed by atoms with E-state index in [-0.39, 0.29) is 0 Å². The average Bonchev–Trinajstić information content (AvgIpc) is 3.19. The minimum atomic E-state index is 0.536. The molecule has 0 saturated heterocycles. The van der Waals surface area contributed by atoms with Gasteiger partial charge in [-0.25, -0.2) is 0 Å². The normalized spacial score (nSPS) is 16.8. The van der Waals surface area contributed by atoms with Crippen molar-refractivity contribution in [2.45, 2.75) is 19.4 Å². The monoisotopic (exact) mass is 268 g/mol. The Morgan fingerprint density at radius 1 is 1.10 bits per heavy atom. The third kappa shape index (κ3) is 2.87. The zero-order valence-electron chi connectivity index (χ0n) is 12.5. The molecule has 1 N–H and O–H groups in total. The molecular weight excluding hydrogens is 244 g/mol. The number of fused-ring (bicyclic) bond motifs is 1. The summed E-state index contributed by atoms with van der Waals surface area (Å²) in [5.41, 5.74) is 1.97. The number of hydrogen-bond acceptors (Lipinski definition) is 2. The van der Waals surface area contributed by atoms with Crippen molar-refractivity contribution in [3.05, 3.63) is 48.0 Å². The molecule has 1 aliphatic carbocycles. The fourth-order valence-corrected chi connectivity index (χ4v) is 3.29. The molecule has 1 saturated carbocycles. The van der Waals surface area contributed by atoms with Gasteiger partial charge in [0.05, 0.1) is 0 Å². The van der Waals surface area contributed by atoms with Crippen LogP contribution < -0.4 is 5.32 Å². The Kier molecular flexibility index (Phi) is 3.77. The van der Waals surface area contributed by atoms with Crippen molar-refractivity contribution in [1.82, 2.24) is 10.2 Å². The molecule has 2 heteroatoms. The van der Waals surface area contributed by atoms with Crippen molar-refractivity contribution in [3.63, 3.8) is 0 Å². The molecule has 2 aromatic rings. The minimum Gasteiger partial charge on any atom is -0.319 e. The van der Waals surface area contributed by atoms with Gasteiger partial charge in [-0.05, 0) is 48.7 Å². The van der Waals surface area contributed by atoms with Crippen molar-refractivity contribution in [3.8, 4) is 0 Å². The SMILES string of the molecule is CNCC1(CN(C)Cc2cccc3ccccc23)CC1. The van der Waals surface area contributed by atoms with Crippen molar-refractivity contribution < 1.29 is 0 Å². The Balaban J connectivity index is 1.73. The van der Waals surface area contributed by atoms with E-state index in [9.17, 15) is 0 Å². The second-order valence-electron chi connectivity index (χ2n) is 6.34. The molecule has 0 heterocycles. The first-order valence-corrected chi connectivity index (χ1v) is 7.52. The Morgan fingerprint density at radius 2 is 1.85 bits per heavy atom. The van der Waals surface area contributed by atoms with Gasteiger partial charge >= 0.3 is 0 Å². The van der Waals surface area contributed by atoms with Crippen LogP contribution in [0.3, 0.4) is 0 Å². The van der Waals surface area contributed by atoms with E-state index < -0.39 is 0 Å². The van der Waals surface area contributed by atoms with Gasteiger partial charge in [-0.3, -0.25) is 0 Å². The van der Waals surface area contributed by atoms with Crippen LogP contribution in [-0.4, -0.2) is 32.1 Å². The molecule has 0 spiro atoms. The minimum absolute atomic E-state index is 0.536. The Hall–Kier alpha value is -1.38. The van der Waals surface area contributed by atoms with Gasteiger partial charge in [-0.15, -0.1) is 0 Å². The fraction of sp³-hybridized carbons (Fsp3) is 0.444. The maximum absolute atomic E-state index is 3.34. The van der Waals surface area contributed by atoms with Crippen LogP contribution in [0, 0.1) is 5.41 Å². The first-order valence-electron chi connectivity index (χ1n) is 7.52. The second kappa shape index (κ2) is 5.55. The predicted molar refractivity (Wildman–Crippen MR) is 85.9 cm³/mol. The van der Waals surface area contributed by atoms with Gasteiger partial charge in [0.25, 0.3) is 0 Å². The van der Waals surface area contributed by atoms with Crippen LogP contribution >= 0.6 is 0 Å². The van der Waals surface area contributed by atoms with E-state index in [1.54, 1.807) is 0 Å². The Bertz CT molecular complexity index is 581. The summed E-state index contributed by atoms with van der Waals surface area (Å²) in [6.45, 7) is 3.37. The van der Waals surface area contributed by atoms with Crippen molar-refractivity contribution in [1.29, 1.82) is 0 Å². The van der Waals surface area contributed by atoms with Crippen LogP contribution in [0.2, 0.25) is 0 Å². The lowest BCUT2D eigenvalue weighted by molar-refractivity contribution is 0.253. The molecule has 0 amide bonds. The van der Waals surface area contributed by atoms with Crippen LogP contribution in [0.15, 0.2) is 42.5 Å². The Labute approximate surface area is 121 Å². The van der Waals surface area contributed by atoms with Gasteiger partial charge in [0.2, 0.25) is 0 Å². The maximum atomic E-state index is 3.34. The molecule has 0 aromatic heterocycles. The first kappa shape index (κ1) is 13.6. The molecular formula is C18H24N2. The predicted octanol–water partition coefficient (Wildman–Crippen LogP) is 3.27. The summed E-state index contributed by atoms with van der Waals surface area (Å²) in [6.07, 6.45) is 2.74. The van der Waals surface area contributed by atoms with Crippen molar-refractivity contribution >= 4 is 10.8 Å². The van der Waals surface area contributed by atoms with E-state index in [0.717, 1.165) is 13.1 Å². The standard InChI is InChI=1S/C18H24N2/c1-19-13-18(10-11-18)14-20(2)12-16-8-5-7-15-6-3-4-9-17(15)16/h3-9,19H,10-14H2,1-2H3. The van der Waals surface area contributed by atoms with Crippen molar-refractivity contribution in [2.75, 3.05) is 27.2 Å². The summed E-state index contributed by atoms with van der Waals surface area (Å²) < 4.78 is 0. The summed E-state index contributed by atoms with van der Waals surface area (Å²) in [5.74, 6) is 0.